The predicted octanol–water partition coefficient (Wildman–Crippen LogP) is 5.38. The molecule has 3 heteroatoms. The Morgan fingerprint density at radius 1 is 1.08 bits per heavy atom. The lowest BCUT2D eigenvalue weighted by molar-refractivity contribution is -0.130. The molecule has 1 aliphatic rings. The first-order valence-electron chi connectivity index (χ1n) is 9.30. The van der Waals surface area contributed by atoms with Crippen LogP contribution in [-0.2, 0) is 11.4 Å². The maximum atomic E-state index is 11.8. The summed E-state index contributed by atoms with van der Waals surface area (Å²) < 4.78 is 5.38. The number of benzene rings is 2. The molecule has 0 heterocycles. The Morgan fingerprint density at radius 2 is 1.73 bits per heavy atom. The van der Waals surface area contributed by atoms with Gasteiger partial charge in [-0.05, 0) is 48.4 Å². The number of carbonyl (C=O) groups excluding carboxylic acids is 1. The molecule has 3 nitrogen and oxygen atoms in total. The Hall–Kier alpha value is -2.39. The first kappa shape index (κ1) is 18.4. The highest BCUT2D eigenvalue weighted by Crippen LogP contribution is 2.34. The monoisotopic (exact) mass is 350 g/mol. The van der Waals surface area contributed by atoms with E-state index in [2.05, 4.69) is 30.8 Å². The van der Waals surface area contributed by atoms with Crippen molar-refractivity contribution < 1.29 is 14.6 Å². The van der Waals surface area contributed by atoms with Crippen LogP contribution in [0.1, 0.15) is 56.1 Å². The lowest BCUT2D eigenvalue weighted by Crippen LogP contribution is -2.10. The van der Waals surface area contributed by atoms with Gasteiger partial charge in [-0.15, -0.1) is 0 Å². The van der Waals surface area contributed by atoms with Crippen molar-refractivity contribution in [2.45, 2.75) is 51.6 Å². The molecule has 136 valence electrons. The van der Waals surface area contributed by atoms with Gasteiger partial charge in [-0.1, -0.05) is 62.2 Å². The van der Waals surface area contributed by atoms with Crippen molar-refractivity contribution in [2.24, 2.45) is 0 Å². The van der Waals surface area contributed by atoms with Gasteiger partial charge in [0, 0.05) is 11.1 Å². The van der Waals surface area contributed by atoms with Gasteiger partial charge >= 0.3 is 5.97 Å². The molecule has 26 heavy (non-hydrogen) atoms. The Morgan fingerprint density at radius 3 is 2.35 bits per heavy atom. The van der Waals surface area contributed by atoms with Gasteiger partial charge in [0.2, 0.25) is 0 Å². The number of rotatable bonds is 5. The Balaban J connectivity index is 1.84. The van der Waals surface area contributed by atoms with Crippen molar-refractivity contribution in [3.05, 3.63) is 65.7 Å². The average Bonchev–Trinajstić information content (AvgIpc) is 2.68. The highest BCUT2D eigenvalue weighted by atomic mass is 16.5. The summed E-state index contributed by atoms with van der Waals surface area (Å²) in [6.07, 6.45) is 6.58. The van der Waals surface area contributed by atoms with Crippen molar-refractivity contribution in [1.29, 1.82) is 0 Å². The number of aliphatic hydroxyl groups excluding tert-OH is 1. The molecule has 2 aromatic rings. The van der Waals surface area contributed by atoms with Gasteiger partial charge in [0.15, 0.2) is 0 Å². The van der Waals surface area contributed by atoms with Crippen LogP contribution in [0, 0.1) is 0 Å². The second-order valence-electron chi connectivity index (χ2n) is 7.11. The minimum atomic E-state index is -0.482. The number of esters is 1. The summed E-state index contributed by atoms with van der Waals surface area (Å²) in [5, 5.41) is 9.50. The molecule has 0 atom stereocenters. The van der Waals surface area contributed by atoms with Crippen LogP contribution in [-0.4, -0.2) is 11.1 Å². The van der Waals surface area contributed by atoms with Crippen LogP contribution in [0.4, 0.5) is 0 Å². The molecular weight excluding hydrogens is 324 g/mol. The van der Waals surface area contributed by atoms with E-state index < -0.39 is 5.97 Å². The summed E-state index contributed by atoms with van der Waals surface area (Å²) in [6, 6.07) is 14.2. The van der Waals surface area contributed by atoms with Crippen LogP contribution in [0.25, 0.3) is 11.1 Å². The smallest absolute Gasteiger partial charge is 0.338 e. The number of aliphatic hydroxyl groups is 1. The van der Waals surface area contributed by atoms with Crippen molar-refractivity contribution in [3.63, 3.8) is 0 Å². The molecule has 1 saturated carbocycles. The Kier molecular flexibility index (Phi) is 5.89. The van der Waals surface area contributed by atoms with E-state index in [0.717, 1.165) is 11.1 Å². The molecule has 1 aliphatic carbocycles. The summed E-state index contributed by atoms with van der Waals surface area (Å²) in [7, 11) is 0. The van der Waals surface area contributed by atoms with E-state index in [1.165, 1.54) is 37.7 Å². The third-order valence-electron chi connectivity index (χ3n) is 5.11. The molecular formula is C23H26O3. The minimum Gasteiger partial charge on any atom is -0.423 e. The second-order valence-corrected chi connectivity index (χ2v) is 7.11. The summed E-state index contributed by atoms with van der Waals surface area (Å²) in [4.78, 5) is 11.8. The minimum absolute atomic E-state index is 0.181. The van der Waals surface area contributed by atoms with Crippen LogP contribution in [0.5, 0.6) is 5.75 Å². The van der Waals surface area contributed by atoms with Gasteiger partial charge in [-0.2, -0.15) is 0 Å². The number of hydrogen-bond acceptors (Lipinski definition) is 3. The molecule has 3 rings (SSSR count). The topological polar surface area (TPSA) is 46.5 Å². The molecule has 0 amide bonds. The average molecular weight is 350 g/mol. The van der Waals surface area contributed by atoms with E-state index in [0.29, 0.717) is 22.8 Å². The summed E-state index contributed by atoms with van der Waals surface area (Å²) >= 11 is 0. The molecule has 0 aliphatic heterocycles. The maximum Gasteiger partial charge on any atom is 0.338 e. The van der Waals surface area contributed by atoms with E-state index in [-0.39, 0.29) is 6.61 Å². The molecule has 0 unspecified atom stereocenters. The number of ether oxygens (including phenoxy) is 1. The van der Waals surface area contributed by atoms with E-state index in [4.69, 9.17) is 4.74 Å². The highest BCUT2D eigenvalue weighted by molar-refractivity contribution is 5.89. The van der Waals surface area contributed by atoms with Gasteiger partial charge in [-0.25, -0.2) is 4.79 Å². The maximum absolute atomic E-state index is 11.8. The molecule has 0 saturated heterocycles. The van der Waals surface area contributed by atoms with Gasteiger partial charge in [0.25, 0.3) is 0 Å². The molecule has 0 spiro atoms. The zero-order chi connectivity index (χ0) is 18.5. The molecule has 0 radical (unpaired) electrons. The van der Waals surface area contributed by atoms with Crippen molar-refractivity contribution in [1.82, 2.24) is 0 Å². The summed E-state index contributed by atoms with van der Waals surface area (Å²) in [5.41, 5.74) is 4.36. The van der Waals surface area contributed by atoms with Crippen LogP contribution in [0.3, 0.4) is 0 Å². The number of carbonyl (C=O) groups is 1. The zero-order valence-corrected chi connectivity index (χ0v) is 15.3. The van der Waals surface area contributed by atoms with E-state index in [1.807, 2.05) is 12.1 Å². The van der Waals surface area contributed by atoms with Crippen molar-refractivity contribution in [2.75, 3.05) is 0 Å². The first-order valence-corrected chi connectivity index (χ1v) is 9.30. The molecule has 1 N–H and O–H groups in total. The number of hydrogen-bond donors (Lipinski definition) is 1. The Labute approximate surface area is 155 Å². The Bertz CT molecular complexity index is 784. The largest absolute Gasteiger partial charge is 0.423 e. The quantitative estimate of drug-likeness (QED) is 0.448. The lowest BCUT2D eigenvalue weighted by atomic mass is 9.83. The van der Waals surface area contributed by atoms with Crippen LogP contribution in [0.15, 0.2) is 54.6 Å². The predicted molar refractivity (Wildman–Crippen MR) is 104 cm³/mol. The van der Waals surface area contributed by atoms with Crippen LogP contribution in [0.2, 0.25) is 0 Å². The van der Waals surface area contributed by atoms with E-state index >= 15 is 0 Å². The summed E-state index contributed by atoms with van der Waals surface area (Å²) in [5.74, 6) is 0.584. The molecule has 2 aromatic carbocycles. The van der Waals surface area contributed by atoms with E-state index in [1.54, 1.807) is 13.0 Å². The SMILES string of the molecule is C=C(C)C(=O)Oc1cc(-c2ccc(C3CCCCC3)cc2)ccc1CO. The fourth-order valence-corrected chi connectivity index (χ4v) is 3.53. The van der Waals surface area contributed by atoms with Crippen molar-refractivity contribution in [3.8, 4) is 16.9 Å². The van der Waals surface area contributed by atoms with E-state index in [9.17, 15) is 9.90 Å². The first-order chi connectivity index (χ1) is 12.6. The van der Waals surface area contributed by atoms with Gasteiger partial charge in [0.1, 0.15) is 5.75 Å². The van der Waals surface area contributed by atoms with Crippen molar-refractivity contribution >= 4 is 5.97 Å². The van der Waals surface area contributed by atoms with Gasteiger partial charge in [-0.3, -0.25) is 0 Å². The van der Waals surface area contributed by atoms with Crippen LogP contribution < -0.4 is 4.74 Å². The van der Waals surface area contributed by atoms with Gasteiger partial charge < -0.3 is 9.84 Å². The fraction of sp³-hybridized carbons (Fsp3) is 0.348. The third kappa shape index (κ3) is 4.23. The molecule has 1 fully saturated rings. The van der Waals surface area contributed by atoms with Gasteiger partial charge in [0.05, 0.1) is 6.61 Å². The molecule has 0 bridgehead atoms. The highest BCUT2D eigenvalue weighted by Gasteiger charge is 2.16. The third-order valence-corrected chi connectivity index (χ3v) is 5.11. The standard InChI is InChI=1S/C23H26O3/c1-16(2)23(25)26-22-14-20(12-13-21(22)15-24)19-10-8-18(9-11-19)17-6-4-3-5-7-17/h8-14,17,24H,1,3-7,15H2,2H3. The normalized spacial score (nSPS) is 14.8. The van der Waals surface area contributed by atoms with Crippen LogP contribution >= 0.6 is 0 Å². The molecule has 0 aromatic heterocycles. The lowest BCUT2D eigenvalue weighted by Gasteiger charge is -2.22. The second kappa shape index (κ2) is 8.33. The fourth-order valence-electron chi connectivity index (χ4n) is 3.53. The zero-order valence-electron chi connectivity index (χ0n) is 15.3. The summed E-state index contributed by atoms with van der Waals surface area (Å²) in [6.45, 7) is 5.03.